The first-order valence-corrected chi connectivity index (χ1v) is 12.9. The Morgan fingerprint density at radius 3 is 2.30 bits per heavy atom. The van der Waals surface area contributed by atoms with Crippen LogP contribution < -0.4 is 14.2 Å². The summed E-state index contributed by atoms with van der Waals surface area (Å²) in [5.74, 6) is -0.361. The van der Waals surface area contributed by atoms with E-state index in [1.165, 1.54) is 32.7 Å². The lowest BCUT2D eigenvalue weighted by atomic mass is 9.94. The Bertz CT molecular complexity index is 1180. The van der Waals surface area contributed by atoms with Crippen LogP contribution in [0.1, 0.15) is 38.4 Å². The van der Waals surface area contributed by atoms with Crippen LogP contribution in [0.25, 0.3) is 0 Å². The number of methoxy groups -OCH3 is 3. The first-order valence-electron chi connectivity index (χ1n) is 12.1. The number of thiazole rings is 1. The molecule has 0 saturated carbocycles. The van der Waals surface area contributed by atoms with Crippen LogP contribution in [0.4, 0.5) is 0 Å². The lowest BCUT2D eigenvalue weighted by Crippen LogP contribution is -2.39. The summed E-state index contributed by atoms with van der Waals surface area (Å²) in [5.41, 5.74) is 1.16. The predicted molar refractivity (Wildman–Crippen MR) is 138 cm³/mol. The minimum Gasteiger partial charge on any atom is -0.503 e. The number of carbonyl (C=O) groups excluding carboxylic acids is 2. The molecular weight excluding hydrogens is 498 g/mol. The minimum atomic E-state index is -0.833. The SMILES string of the molecule is COc1cc([C@H]2C(C(=O)c3sc(C)nc3C)=C(O)C(=O)N2CCCN2CCOCC2)cc(OC)c1OC. The number of ketones is 1. The average Bonchev–Trinajstić information content (AvgIpc) is 3.38. The van der Waals surface area contributed by atoms with E-state index >= 15 is 0 Å². The number of hydrogen-bond acceptors (Lipinski definition) is 10. The van der Waals surface area contributed by atoms with E-state index in [2.05, 4.69) is 9.88 Å². The number of aliphatic hydroxyl groups is 1. The van der Waals surface area contributed by atoms with E-state index in [0.717, 1.165) is 24.6 Å². The summed E-state index contributed by atoms with van der Waals surface area (Å²) in [6.07, 6.45) is 0.667. The molecule has 1 N–H and O–H groups in total. The van der Waals surface area contributed by atoms with Crippen LogP contribution in [0.5, 0.6) is 17.2 Å². The monoisotopic (exact) mass is 531 g/mol. The number of nitrogens with zero attached hydrogens (tertiary/aromatic N) is 3. The molecule has 1 fully saturated rings. The van der Waals surface area contributed by atoms with Crippen molar-refractivity contribution in [3.05, 3.63) is 44.6 Å². The molecule has 0 spiro atoms. The van der Waals surface area contributed by atoms with Crippen molar-refractivity contribution in [2.45, 2.75) is 26.3 Å². The maximum atomic E-state index is 13.8. The van der Waals surface area contributed by atoms with Crippen molar-refractivity contribution in [3.63, 3.8) is 0 Å². The van der Waals surface area contributed by atoms with Crippen molar-refractivity contribution in [1.29, 1.82) is 0 Å². The average molecular weight is 532 g/mol. The van der Waals surface area contributed by atoms with E-state index in [4.69, 9.17) is 18.9 Å². The summed E-state index contributed by atoms with van der Waals surface area (Å²) in [4.78, 5) is 35.8. The molecule has 200 valence electrons. The number of aliphatic hydroxyl groups excluding tert-OH is 1. The van der Waals surface area contributed by atoms with Gasteiger partial charge in [0.2, 0.25) is 11.5 Å². The van der Waals surface area contributed by atoms with Crippen LogP contribution in [0, 0.1) is 13.8 Å². The zero-order valence-electron chi connectivity index (χ0n) is 21.8. The van der Waals surface area contributed by atoms with Gasteiger partial charge in [-0.15, -0.1) is 11.3 Å². The normalized spacial score (nSPS) is 18.5. The Balaban J connectivity index is 1.74. The molecular formula is C26H33N3O7S. The Morgan fingerprint density at radius 2 is 1.76 bits per heavy atom. The van der Waals surface area contributed by atoms with Gasteiger partial charge in [-0.1, -0.05) is 0 Å². The maximum absolute atomic E-state index is 13.8. The molecule has 0 aliphatic carbocycles. The smallest absolute Gasteiger partial charge is 0.290 e. The molecule has 1 atom stereocenters. The number of Topliss-reactive ketones (excluding diaryl/α,β-unsaturated/α-hetero) is 1. The maximum Gasteiger partial charge on any atom is 0.290 e. The largest absolute Gasteiger partial charge is 0.503 e. The van der Waals surface area contributed by atoms with E-state index < -0.39 is 23.5 Å². The van der Waals surface area contributed by atoms with Gasteiger partial charge >= 0.3 is 0 Å². The van der Waals surface area contributed by atoms with Crippen LogP contribution in [-0.4, -0.2) is 92.3 Å². The summed E-state index contributed by atoms with van der Waals surface area (Å²) < 4.78 is 21.9. The fourth-order valence-corrected chi connectivity index (χ4v) is 5.75. The molecule has 0 unspecified atom stereocenters. The van der Waals surface area contributed by atoms with Crippen molar-refractivity contribution in [2.24, 2.45) is 0 Å². The molecule has 1 aromatic carbocycles. The topological polar surface area (TPSA) is 111 Å². The number of morpholine rings is 1. The predicted octanol–water partition coefficient (Wildman–Crippen LogP) is 3.09. The number of aromatic nitrogens is 1. The van der Waals surface area contributed by atoms with Gasteiger partial charge in [-0.05, 0) is 38.0 Å². The molecule has 37 heavy (non-hydrogen) atoms. The van der Waals surface area contributed by atoms with Crippen molar-refractivity contribution in [1.82, 2.24) is 14.8 Å². The van der Waals surface area contributed by atoms with Gasteiger partial charge in [-0.2, -0.15) is 0 Å². The second-order valence-corrected chi connectivity index (χ2v) is 10.1. The summed E-state index contributed by atoms with van der Waals surface area (Å²) in [5, 5.41) is 11.8. The van der Waals surface area contributed by atoms with Crippen LogP contribution in [0.3, 0.4) is 0 Å². The van der Waals surface area contributed by atoms with E-state index in [9.17, 15) is 14.7 Å². The Morgan fingerprint density at radius 1 is 1.11 bits per heavy atom. The third-order valence-corrected chi connectivity index (χ3v) is 7.71. The Labute approximate surface area is 220 Å². The highest BCUT2D eigenvalue weighted by Gasteiger charge is 2.45. The molecule has 0 bridgehead atoms. The van der Waals surface area contributed by atoms with Gasteiger partial charge in [0.05, 0.1) is 61.7 Å². The fourth-order valence-electron chi connectivity index (χ4n) is 4.88. The van der Waals surface area contributed by atoms with E-state index in [-0.39, 0.29) is 5.57 Å². The van der Waals surface area contributed by atoms with Crippen molar-refractivity contribution >= 4 is 23.0 Å². The number of carbonyl (C=O) groups is 2. The number of amides is 1. The molecule has 1 aromatic heterocycles. The van der Waals surface area contributed by atoms with Gasteiger partial charge in [-0.25, -0.2) is 4.98 Å². The summed E-state index contributed by atoms with van der Waals surface area (Å²) in [6, 6.07) is 2.59. The number of hydrogen-bond donors (Lipinski definition) is 1. The Kier molecular flexibility index (Phi) is 8.35. The zero-order valence-corrected chi connectivity index (χ0v) is 22.6. The molecule has 1 saturated heterocycles. The van der Waals surface area contributed by atoms with Gasteiger partial charge in [0.1, 0.15) is 0 Å². The third kappa shape index (κ3) is 5.29. The van der Waals surface area contributed by atoms with Gasteiger partial charge in [0.15, 0.2) is 17.3 Å². The highest BCUT2D eigenvalue weighted by Crippen LogP contribution is 2.46. The standard InChI is InChI=1S/C26H33N3O7S/c1-15-25(37-16(2)27-15)22(30)20-21(17-13-18(33-3)24(35-5)19(14-17)34-4)29(26(32)23(20)31)8-6-7-28-9-11-36-12-10-28/h13-14,21,31H,6-12H2,1-5H3/t21-/m0/s1. The number of benzene rings is 1. The molecule has 0 radical (unpaired) electrons. The van der Waals surface area contributed by atoms with Crippen LogP contribution in [-0.2, 0) is 9.53 Å². The molecule has 3 heterocycles. The minimum absolute atomic E-state index is 0.0254. The zero-order chi connectivity index (χ0) is 26.7. The lowest BCUT2D eigenvalue weighted by Gasteiger charge is -2.30. The van der Waals surface area contributed by atoms with Crippen LogP contribution in [0.15, 0.2) is 23.5 Å². The lowest BCUT2D eigenvalue weighted by molar-refractivity contribution is -0.129. The third-order valence-electron chi connectivity index (χ3n) is 6.64. The van der Waals surface area contributed by atoms with Crippen molar-refractivity contribution in [2.75, 3.05) is 60.7 Å². The first kappa shape index (κ1) is 26.9. The second-order valence-electron chi connectivity index (χ2n) is 8.91. The second kappa shape index (κ2) is 11.5. The molecule has 2 aliphatic rings. The molecule has 10 nitrogen and oxygen atoms in total. The van der Waals surface area contributed by atoms with E-state index in [1.807, 2.05) is 6.92 Å². The van der Waals surface area contributed by atoms with Crippen molar-refractivity contribution in [3.8, 4) is 17.2 Å². The first-order chi connectivity index (χ1) is 17.8. The number of rotatable bonds is 10. The van der Waals surface area contributed by atoms with Gasteiger partial charge < -0.3 is 29.0 Å². The Hall–Kier alpha value is -3.15. The summed E-state index contributed by atoms with van der Waals surface area (Å²) in [7, 11) is 4.51. The highest BCUT2D eigenvalue weighted by atomic mass is 32.1. The molecule has 1 amide bonds. The summed E-state index contributed by atoms with van der Waals surface area (Å²) >= 11 is 1.25. The van der Waals surface area contributed by atoms with Gasteiger partial charge in [0, 0.05) is 26.2 Å². The number of ether oxygens (including phenoxy) is 4. The van der Waals surface area contributed by atoms with Crippen LogP contribution in [0.2, 0.25) is 0 Å². The highest BCUT2D eigenvalue weighted by molar-refractivity contribution is 7.14. The molecule has 2 aliphatic heterocycles. The van der Waals surface area contributed by atoms with Crippen LogP contribution >= 0.6 is 11.3 Å². The number of aryl methyl sites for hydroxylation is 2. The van der Waals surface area contributed by atoms with Crippen molar-refractivity contribution < 1.29 is 33.6 Å². The summed E-state index contributed by atoms with van der Waals surface area (Å²) in [6.45, 7) is 7.72. The molecule has 2 aromatic rings. The van der Waals surface area contributed by atoms with Gasteiger partial charge in [0.25, 0.3) is 5.91 Å². The quantitative estimate of drug-likeness (QED) is 0.463. The van der Waals surface area contributed by atoms with Gasteiger partial charge in [-0.3, -0.25) is 14.5 Å². The fraction of sp³-hybridized carbons (Fsp3) is 0.500. The molecule has 11 heteroatoms. The van der Waals surface area contributed by atoms with E-state index in [0.29, 0.717) is 59.6 Å². The molecule has 4 rings (SSSR count). The van der Waals surface area contributed by atoms with E-state index in [1.54, 1.807) is 24.0 Å².